The Hall–Kier alpha value is -0.850. The molecule has 0 N–H and O–H groups in total. The normalized spacial score (nSPS) is 13.6. The minimum Gasteiger partial charge on any atom is -0.296 e. The number of hydrogen-bond donors (Lipinski definition) is 0. The molecule has 0 spiro atoms. The number of nitrogens with zero attached hydrogens (tertiary/aromatic N) is 1. The molecule has 0 fully saturated rings. The van der Waals surface area contributed by atoms with E-state index in [1.165, 1.54) is 11.1 Å². The number of rotatable bonds is 2. The summed E-state index contributed by atoms with van der Waals surface area (Å²) in [6.07, 6.45) is 1.85. The molecule has 0 aromatic heterocycles. The van der Waals surface area contributed by atoms with Crippen molar-refractivity contribution in [3.05, 3.63) is 23.3 Å². The first-order valence-electron chi connectivity index (χ1n) is 3.35. The van der Waals surface area contributed by atoms with Crippen LogP contribution in [-0.2, 0) is 0 Å². The van der Waals surface area contributed by atoms with Gasteiger partial charge in [0.1, 0.15) is 0 Å². The van der Waals surface area contributed by atoms with Crippen molar-refractivity contribution in [3.63, 3.8) is 0 Å². The van der Waals surface area contributed by atoms with Crippen LogP contribution in [0.5, 0.6) is 0 Å². The van der Waals surface area contributed by atoms with Crippen molar-refractivity contribution in [3.8, 4) is 0 Å². The lowest BCUT2D eigenvalue weighted by Crippen LogP contribution is -1.85. The van der Waals surface area contributed by atoms with Gasteiger partial charge in [-0.3, -0.25) is 4.99 Å². The molecule has 0 aromatic carbocycles. The first-order chi connectivity index (χ1) is 4.59. The Kier molecular flexibility index (Phi) is 3.70. The molecule has 1 nitrogen and oxygen atoms in total. The summed E-state index contributed by atoms with van der Waals surface area (Å²) < 4.78 is 0. The molecule has 0 aromatic rings. The van der Waals surface area contributed by atoms with Gasteiger partial charge in [-0.15, -0.1) is 0 Å². The van der Waals surface area contributed by atoms with Crippen molar-refractivity contribution >= 4 is 6.21 Å². The summed E-state index contributed by atoms with van der Waals surface area (Å²) in [4.78, 5) is 3.92. The number of allylic oxidation sites excluding steroid dienone is 3. The maximum atomic E-state index is 3.92. The molecule has 0 saturated carbocycles. The molecular weight excluding hydrogens is 122 g/mol. The van der Waals surface area contributed by atoms with Gasteiger partial charge in [0.25, 0.3) is 0 Å². The third kappa shape index (κ3) is 2.62. The smallest absolute Gasteiger partial charge is 0.0277 e. The molecule has 0 aliphatic heterocycles. The Labute approximate surface area is 63.2 Å². The van der Waals surface area contributed by atoms with E-state index in [0.717, 1.165) is 5.57 Å². The second kappa shape index (κ2) is 4.04. The van der Waals surface area contributed by atoms with Gasteiger partial charge >= 0.3 is 0 Å². The van der Waals surface area contributed by atoms with E-state index in [0.29, 0.717) is 0 Å². The lowest BCUT2D eigenvalue weighted by Gasteiger charge is -2.00. The Morgan fingerprint density at radius 3 is 2.10 bits per heavy atom. The minimum atomic E-state index is 1.11. The van der Waals surface area contributed by atoms with E-state index < -0.39 is 0 Å². The minimum absolute atomic E-state index is 1.11. The molecule has 0 radical (unpaired) electrons. The summed E-state index contributed by atoms with van der Waals surface area (Å²) in [5.41, 5.74) is 3.53. The van der Waals surface area contributed by atoms with Crippen LogP contribution in [-0.4, -0.2) is 13.3 Å². The van der Waals surface area contributed by atoms with E-state index in [1.54, 1.807) is 7.05 Å². The van der Waals surface area contributed by atoms with Gasteiger partial charge in [-0.1, -0.05) is 12.2 Å². The molecular formula is C9H15N. The summed E-state index contributed by atoms with van der Waals surface area (Å²) in [6, 6.07) is 0. The van der Waals surface area contributed by atoms with Crippen LogP contribution < -0.4 is 0 Å². The first-order valence-corrected chi connectivity index (χ1v) is 3.35. The monoisotopic (exact) mass is 137 g/mol. The van der Waals surface area contributed by atoms with Gasteiger partial charge in [-0.05, 0) is 31.9 Å². The SMILES string of the molecule is C=C(C)/C(C)=C(/C)C=NC. The predicted octanol–water partition coefficient (Wildman–Crippen LogP) is 2.60. The van der Waals surface area contributed by atoms with Crippen molar-refractivity contribution in [1.29, 1.82) is 0 Å². The summed E-state index contributed by atoms with van der Waals surface area (Å²) in [7, 11) is 1.77. The van der Waals surface area contributed by atoms with E-state index in [-0.39, 0.29) is 0 Å². The fraction of sp³-hybridized carbons (Fsp3) is 0.444. The summed E-state index contributed by atoms with van der Waals surface area (Å²) in [6.45, 7) is 9.93. The molecule has 10 heavy (non-hydrogen) atoms. The fourth-order valence-corrected chi connectivity index (χ4v) is 0.627. The Balaban J connectivity index is 4.50. The van der Waals surface area contributed by atoms with Gasteiger partial charge in [0, 0.05) is 13.3 Å². The highest BCUT2D eigenvalue weighted by Gasteiger charge is 1.92. The molecule has 1 heteroatoms. The van der Waals surface area contributed by atoms with E-state index >= 15 is 0 Å². The summed E-state index contributed by atoms with van der Waals surface area (Å²) in [5.74, 6) is 0. The van der Waals surface area contributed by atoms with Crippen molar-refractivity contribution in [1.82, 2.24) is 0 Å². The maximum Gasteiger partial charge on any atom is 0.0277 e. The fourth-order valence-electron chi connectivity index (χ4n) is 0.627. The lowest BCUT2D eigenvalue weighted by molar-refractivity contribution is 1.30. The summed E-state index contributed by atoms with van der Waals surface area (Å²) in [5, 5.41) is 0. The van der Waals surface area contributed by atoms with E-state index in [2.05, 4.69) is 18.5 Å². The number of hydrogen-bond acceptors (Lipinski definition) is 1. The average Bonchev–Trinajstić information content (AvgIpc) is 1.87. The van der Waals surface area contributed by atoms with Gasteiger partial charge in [0.2, 0.25) is 0 Å². The van der Waals surface area contributed by atoms with Crippen LogP contribution in [0.4, 0.5) is 0 Å². The van der Waals surface area contributed by atoms with Crippen LogP contribution in [0, 0.1) is 0 Å². The highest BCUT2D eigenvalue weighted by atomic mass is 14.6. The van der Waals surface area contributed by atoms with Crippen molar-refractivity contribution in [2.75, 3.05) is 7.05 Å². The topological polar surface area (TPSA) is 12.4 Å². The summed E-state index contributed by atoms with van der Waals surface area (Å²) >= 11 is 0. The van der Waals surface area contributed by atoms with E-state index in [4.69, 9.17) is 0 Å². The third-order valence-corrected chi connectivity index (χ3v) is 1.55. The van der Waals surface area contributed by atoms with Crippen LogP contribution in [0.1, 0.15) is 20.8 Å². The van der Waals surface area contributed by atoms with Gasteiger partial charge in [0.15, 0.2) is 0 Å². The molecule has 0 unspecified atom stereocenters. The largest absolute Gasteiger partial charge is 0.296 e. The lowest BCUT2D eigenvalue weighted by atomic mass is 10.1. The van der Waals surface area contributed by atoms with Crippen molar-refractivity contribution in [2.24, 2.45) is 4.99 Å². The van der Waals surface area contributed by atoms with Gasteiger partial charge in [0.05, 0.1) is 0 Å². The molecule has 0 atom stereocenters. The van der Waals surface area contributed by atoms with E-state index in [9.17, 15) is 0 Å². The predicted molar refractivity (Wildman–Crippen MR) is 47.6 cm³/mol. The zero-order valence-electron chi connectivity index (χ0n) is 7.23. The van der Waals surface area contributed by atoms with Gasteiger partial charge in [-0.25, -0.2) is 0 Å². The second-order valence-corrected chi connectivity index (χ2v) is 2.48. The van der Waals surface area contributed by atoms with Crippen LogP contribution in [0.3, 0.4) is 0 Å². The molecule has 0 rings (SSSR count). The molecule has 0 bridgehead atoms. The second-order valence-electron chi connectivity index (χ2n) is 2.48. The average molecular weight is 137 g/mol. The van der Waals surface area contributed by atoms with Crippen LogP contribution in [0.25, 0.3) is 0 Å². The molecule has 0 heterocycles. The molecule has 0 aliphatic rings. The van der Waals surface area contributed by atoms with E-state index in [1.807, 2.05) is 20.1 Å². The Bertz CT molecular complexity index is 185. The molecule has 56 valence electrons. The Morgan fingerprint density at radius 2 is 1.80 bits per heavy atom. The van der Waals surface area contributed by atoms with Crippen LogP contribution >= 0.6 is 0 Å². The first kappa shape index (κ1) is 9.15. The van der Waals surface area contributed by atoms with Crippen molar-refractivity contribution in [2.45, 2.75) is 20.8 Å². The van der Waals surface area contributed by atoms with Crippen LogP contribution in [0.15, 0.2) is 28.3 Å². The highest BCUT2D eigenvalue weighted by Crippen LogP contribution is 2.09. The zero-order chi connectivity index (χ0) is 8.15. The maximum absolute atomic E-state index is 3.92. The molecule has 0 saturated heterocycles. The zero-order valence-corrected chi connectivity index (χ0v) is 7.23. The molecule has 0 amide bonds. The van der Waals surface area contributed by atoms with Crippen molar-refractivity contribution < 1.29 is 0 Å². The van der Waals surface area contributed by atoms with Crippen LogP contribution in [0.2, 0.25) is 0 Å². The quantitative estimate of drug-likeness (QED) is 0.410. The standard InChI is InChI=1S/C9H15N/c1-7(2)9(4)8(3)6-10-5/h6H,1H2,2-5H3/b9-8-,10-6?. The van der Waals surface area contributed by atoms with Gasteiger partial charge in [-0.2, -0.15) is 0 Å². The molecule has 0 aliphatic carbocycles. The third-order valence-electron chi connectivity index (χ3n) is 1.55. The Morgan fingerprint density at radius 1 is 1.30 bits per heavy atom. The van der Waals surface area contributed by atoms with Gasteiger partial charge < -0.3 is 0 Å². The number of aliphatic imine (C=N–C) groups is 1. The highest BCUT2D eigenvalue weighted by molar-refractivity contribution is 5.79.